The second kappa shape index (κ2) is 3.60. The van der Waals surface area contributed by atoms with Gasteiger partial charge in [0.2, 0.25) is 0 Å². The molecule has 0 aromatic rings. The molecule has 0 heterocycles. The average Bonchev–Trinajstić information content (AvgIpc) is 1.84. The molecule has 0 aromatic heterocycles. The molecule has 0 amide bonds. The predicted octanol–water partition coefficient (Wildman–Crippen LogP) is 3.15. The molecule has 0 saturated carbocycles. The molecular weight excluding hydrogens is 277 g/mol. The van der Waals surface area contributed by atoms with Crippen LogP contribution in [0.5, 0.6) is 0 Å². The van der Waals surface area contributed by atoms with E-state index in [0.29, 0.717) is 0 Å². The summed E-state index contributed by atoms with van der Waals surface area (Å²) in [6.45, 7) is 0. The van der Waals surface area contributed by atoms with Crippen molar-refractivity contribution in [1.82, 2.24) is 0 Å². The van der Waals surface area contributed by atoms with E-state index in [9.17, 15) is 30.7 Å². The molecule has 0 bridgehead atoms. The first kappa shape index (κ1) is 12.9. The molecule has 0 N–H and O–H groups in total. The van der Waals surface area contributed by atoms with Crippen LogP contribution in [0.25, 0.3) is 0 Å². The molecule has 0 spiro atoms. The number of ether oxygens (including phenoxy) is 1. The molecule has 80 valence electrons. The second-order valence-electron chi connectivity index (χ2n) is 1.84. The van der Waals surface area contributed by atoms with Gasteiger partial charge in [0.25, 0.3) is 0 Å². The summed E-state index contributed by atoms with van der Waals surface area (Å²) < 4.78 is 84.6. The number of halogens is 8. The Hall–Kier alpha value is -0.0500. The summed E-state index contributed by atoms with van der Waals surface area (Å²) in [5.41, 5.74) is -1.13. The third-order valence-corrected chi connectivity index (χ3v) is 1.19. The van der Waals surface area contributed by atoms with E-state index in [2.05, 4.69) is 20.7 Å². The maximum Gasteiger partial charge on any atom is 0.462 e. The monoisotopic (exact) mass is 278 g/mol. The van der Waals surface area contributed by atoms with Crippen LogP contribution in [0.4, 0.5) is 30.7 Å². The van der Waals surface area contributed by atoms with E-state index >= 15 is 0 Å². The molecule has 0 aliphatic carbocycles. The van der Waals surface area contributed by atoms with Gasteiger partial charge in [-0.2, -0.15) is 30.7 Å². The van der Waals surface area contributed by atoms with Gasteiger partial charge in [0, 0.05) is 0 Å². The van der Waals surface area contributed by atoms with E-state index in [1.165, 1.54) is 0 Å². The molecule has 0 aliphatic heterocycles. The quantitative estimate of drug-likeness (QED) is 0.569. The van der Waals surface area contributed by atoms with Gasteiger partial charge in [0.1, 0.15) is 5.52 Å². The minimum atomic E-state index is -6.35. The van der Waals surface area contributed by atoms with E-state index in [1.54, 1.807) is 0 Å². The SMILES string of the molecule is FC(F)(F)C(F)(F)C(F)(F)OCBr. The van der Waals surface area contributed by atoms with Crippen molar-refractivity contribution in [2.45, 2.75) is 18.2 Å². The van der Waals surface area contributed by atoms with Gasteiger partial charge in [-0.15, -0.1) is 0 Å². The number of hydrogen-bond donors (Lipinski definition) is 0. The van der Waals surface area contributed by atoms with Crippen LogP contribution in [0, 0.1) is 0 Å². The summed E-state index contributed by atoms with van der Waals surface area (Å²) in [5, 5.41) is 0. The zero-order valence-electron chi connectivity index (χ0n) is 5.64. The van der Waals surface area contributed by atoms with Gasteiger partial charge < -0.3 is 4.74 Å². The van der Waals surface area contributed by atoms with Gasteiger partial charge in [-0.3, -0.25) is 0 Å². The summed E-state index contributed by atoms with van der Waals surface area (Å²) in [7, 11) is 0. The maximum absolute atomic E-state index is 12.0. The lowest BCUT2D eigenvalue weighted by molar-refractivity contribution is -0.419. The van der Waals surface area contributed by atoms with Crippen LogP contribution in [0.3, 0.4) is 0 Å². The van der Waals surface area contributed by atoms with Crippen molar-refractivity contribution >= 4 is 15.9 Å². The minimum absolute atomic E-state index is 1.13. The van der Waals surface area contributed by atoms with Crippen molar-refractivity contribution in [3.63, 3.8) is 0 Å². The van der Waals surface area contributed by atoms with E-state index in [4.69, 9.17) is 0 Å². The zero-order chi connectivity index (χ0) is 10.9. The van der Waals surface area contributed by atoms with E-state index in [0.717, 1.165) is 0 Å². The molecule has 0 atom stereocenters. The Balaban J connectivity index is 4.81. The summed E-state index contributed by atoms with van der Waals surface area (Å²) >= 11 is 2.14. The highest BCUT2D eigenvalue weighted by atomic mass is 79.9. The topological polar surface area (TPSA) is 9.23 Å². The second-order valence-corrected chi connectivity index (χ2v) is 2.30. The average molecular weight is 279 g/mol. The van der Waals surface area contributed by atoms with Crippen molar-refractivity contribution in [2.24, 2.45) is 0 Å². The van der Waals surface area contributed by atoms with E-state index in [-0.39, 0.29) is 0 Å². The van der Waals surface area contributed by atoms with Gasteiger partial charge in [-0.25, -0.2) is 0 Å². The Morgan fingerprint density at radius 2 is 1.31 bits per heavy atom. The lowest BCUT2D eigenvalue weighted by Gasteiger charge is -2.26. The summed E-state index contributed by atoms with van der Waals surface area (Å²) in [6, 6.07) is 0. The first-order chi connectivity index (χ1) is 5.56. The standard InChI is InChI=1S/C4H2BrF7O/c5-1-13-4(11,12)2(6,7)3(8,9)10/h1H2. The van der Waals surface area contributed by atoms with Crippen molar-refractivity contribution in [2.75, 3.05) is 5.52 Å². The lowest BCUT2D eigenvalue weighted by atomic mass is 10.3. The molecule has 1 nitrogen and oxygen atoms in total. The van der Waals surface area contributed by atoms with E-state index < -0.39 is 23.7 Å². The molecule has 0 rings (SSSR count). The molecule has 0 aromatic carbocycles. The minimum Gasteiger partial charge on any atom is -0.304 e. The van der Waals surface area contributed by atoms with Crippen LogP contribution in [0.2, 0.25) is 0 Å². The van der Waals surface area contributed by atoms with Gasteiger partial charge >= 0.3 is 18.2 Å². The Morgan fingerprint density at radius 1 is 0.923 bits per heavy atom. The fourth-order valence-electron chi connectivity index (χ4n) is 0.324. The summed E-state index contributed by atoms with van der Waals surface area (Å²) in [6.07, 6.45) is -11.9. The van der Waals surface area contributed by atoms with Gasteiger partial charge in [0.15, 0.2) is 0 Å². The van der Waals surface area contributed by atoms with Gasteiger partial charge in [-0.1, -0.05) is 15.9 Å². The van der Waals surface area contributed by atoms with Crippen LogP contribution in [-0.4, -0.2) is 23.7 Å². The van der Waals surface area contributed by atoms with Crippen molar-refractivity contribution < 1.29 is 35.5 Å². The van der Waals surface area contributed by atoms with Crippen LogP contribution >= 0.6 is 15.9 Å². The Labute approximate surface area is 76.0 Å². The number of hydrogen-bond acceptors (Lipinski definition) is 1. The van der Waals surface area contributed by atoms with Crippen molar-refractivity contribution in [3.05, 3.63) is 0 Å². The molecule has 0 radical (unpaired) electrons. The largest absolute Gasteiger partial charge is 0.462 e. The molecule has 13 heavy (non-hydrogen) atoms. The molecule has 0 unspecified atom stereocenters. The number of rotatable bonds is 3. The number of alkyl halides is 8. The van der Waals surface area contributed by atoms with Crippen molar-refractivity contribution in [1.29, 1.82) is 0 Å². The van der Waals surface area contributed by atoms with Crippen LogP contribution in [-0.2, 0) is 4.74 Å². The van der Waals surface area contributed by atoms with Crippen molar-refractivity contribution in [3.8, 4) is 0 Å². The normalized spacial score (nSPS) is 14.8. The highest BCUT2D eigenvalue weighted by Crippen LogP contribution is 2.46. The molecule has 0 aliphatic rings. The Morgan fingerprint density at radius 3 is 1.54 bits per heavy atom. The smallest absolute Gasteiger partial charge is 0.304 e. The fourth-order valence-corrected chi connectivity index (χ4v) is 0.612. The van der Waals surface area contributed by atoms with Crippen LogP contribution < -0.4 is 0 Å². The molecule has 0 saturated heterocycles. The fraction of sp³-hybridized carbons (Fsp3) is 1.00. The molecular formula is C4H2BrF7O. The predicted molar refractivity (Wildman–Crippen MR) is 30.8 cm³/mol. The van der Waals surface area contributed by atoms with Crippen LogP contribution in [0.15, 0.2) is 0 Å². The summed E-state index contributed by atoms with van der Waals surface area (Å²) in [5.74, 6) is -6.20. The lowest BCUT2D eigenvalue weighted by Crippen LogP contribution is -2.53. The highest BCUT2D eigenvalue weighted by Gasteiger charge is 2.74. The zero-order valence-corrected chi connectivity index (χ0v) is 7.23. The van der Waals surface area contributed by atoms with Gasteiger partial charge in [-0.05, 0) is 0 Å². The van der Waals surface area contributed by atoms with E-state index in [1.807, 2.05) is 0 Å². The molecule has 0 fully saturated rings. The van der Waals surface area contributed by atoms with Gasteiger partial charge in [0.05, 0.1) is 0 Å². The third-order valence-electron chi connectivity index (χ3n) is 0.957. The Kier molecular flexibility index (Phi) is 3.59. The highest BCUT2D eigenvalue weighted by molar-refractivity contribution is 9.09. The first-order valence-corrected chi connectivity index (χ1v) is 3.70. The summed E-state index contributed by atoms with van der Waals surface area (Å²) in [4.78, 5) is 0. The first-order valence-electron chi connectivity index (χ1n) is 2.58. The molecule has 9 heteroatoms. The maximum atomic E-state index is 12.0. The van der Waals surface area contributed by atoms with Crippen LogP contribution in [0.1, 0.15) is 0 Å². The Bertz CT molecular complexity index is 176. The third kappa shape index (κ3) is 2.46.